The second kappa shape index (κ2) is 6.61. The highest BCUT2D eigenvalue weighted by atomic mass is 35.5. The lowest BCUT2D eigenvalue weighted by atomic mass is 9.97. The number of hydrogen-bond donors (Lipinski definition) is 0. The third-order valence-electron chi connectivity index (χ3n) is 5.26. The fraction of sp³-hybridized carbons (Fsp3) is 0.0833. The van der Waals surface area contributed by atoms with Gasteiger partial charge >= 0.3 is 0 Å². The molecule has 2 heterocycles. The average molecular weight is 402 g/mol. The Bertz CT molecular complexity index is 1310. The van der Waals surface area contributed by atoms with Crippen LogP contribution in [0.25, 0.3) is 11.0 Å². The van der Waals surface area contributed by atoms with Crippen LogP contribution in [0.1, 0.15) is 33.3 Å². The number of anilines is 1. The van der Waals surface area contributed by atoms with Gasteiger partial charge in [-0.05, 0) is 42.8 Å². The molecule has 1 aromatic heterocycles. The molecule has 1 aliphatic rings. The number of benzene rings is 3. The summed E-state index contributed by atoms with van der Waals surface area (Å²) in [4.78, 5) is 28.5. The van der Waals surface area contributed by atoms with Crippen LogP contribution in [0.2, 0.25) is 5.02 Å². The molecule has 0 aliphatic carbocycles. The SMILES string of the molecule is Cc1ccc(C2c3c(oc4ccc(Cl)cc4c3=O)C(=O)N2c2ccccc2)cc1. The van der Waals surface area contributed by atoms with Crippen molar-refractivity contribution in [3.05, 3.63) is 110 Å². The number of para-hydroxylation sites is 1. The first-order chi connectivity index (χ1) is 14.0. The van der Waals surface area contributed by atoms with Crippen LogP contribution in [-0.4, -0.2) is 5.91 Å². The molecule has 1 unspecified atom stereocenters. The van der Waals surface area contributed by atoms with E-state index in [9.17, 15) is 9.59 Å². The summed E-state index contributed by atoms with van der Waals surface area (Å²) in [7, 11) is 0. The molecule has 0 bridgehead atoms. The van der Waals surface area contributed by atoms with Gasteiger partial charge in [-0.25, -0.2) is 0 Å². The number of carbonyl (C=O) groups is 1. The molecule has 0 fully saturated rings. The van der Waals surface area contributed by atoms with Gasteiger partial charge in [-0.15, -0.1) is 0 Å². The topological polar surface area (TPSA) is 50.5 Å². The van der Waals surface area contributed by atoms with Crippen LogP contribution in [0.3, 0.4) is 0 Å². The second-order valence-corrected chi connectivity index (χ2v) is 7.57. The Labute approximate surface area is 172 Å². The number of aryl methyl sites for hydroxylation is 1. The molecule has 3 aromatic carbocycles. The van der Waals surface area contributed by atoms with Crippen LogP contribution >= 0.6 is 11.6 Å². The van der Waals surface area contributed by atoms with E-state index in [2.05, 4.69) is 0 Å². The highest BCUT2D eigenvalue weighted by Gasteiger charge is 2.43. The van der Waals surface area contributed by atoms with Gasteiger partial charge in [0.15, 0.2) is 5.43 Å². The monoisotopic (exact) mass is 401 g/mol. The molecule has 29 heavy (non-hydrogen) atoms. The Morgan fingerprint density at radius 3 is 2.38 bits per heavy atom. The molecule has 5 heteroatoms. The van der Waals surface area contributed by atoms with Crippen molar-refractivity contribution in [1.82, 2.24) is 0 Å². The zero-order valence-corrected chi connectivity index (χ0v) is 16.3. The van der Waals surface area contributed by atoms with Crippen LogP contribution in [-0.2, 0) is 0 Å². The Morgan fingerprint density at radius 2 is 1.66 bits per heavy atom. The van der Waals surface area contributed by atoms with Gasteiger partial charge in [-0.1, -0.05) is 59.6 Å². The van der Waals surface area contributed by atoms with Gasteiger partial charge in [0.2, 0.25) is 5.76 Å². The lowest BCUT2D eigenvalue weighted by Crippen LogP contribution is -2.29. The maximum absolute atomic E-state index is 13.4. The third-order valence-corrected chi connectivity index (χ3v) is 5.49. The normalized spacial score (nSPS) is 15.7. The summed E-state index contributed by atoms with van der Waals surface area (Å²) < 4.78 is 5.93. The van der Waals surface area contributed by atoms with Gasteiger partial charge in [0.1, 0.15) is 5.58 Å². The third kappa shape index (κ3) is 2.76. The minimum absolute atomic E-state index is 0.0826. The van der Waals surface area contributed by atoms with Gasteiger partial charge in [-0.2, -0.15) is 0 Å². The van der Waals surface area contributed by atoms with Gasteiger partial charge in [0.05, 0.1) is 17.0 Å². The Balaban J connectivity index is 1.83. The van der Waals surface area contributed by atoms with Gasteiger partial charge in [0, 0.05) is 10.7 Å². The van der Waals surface area contributed by atoms with E-state index in [-0.39, 0.29) is 17.1 Å². The molecule has 0 radical (unpaired) electrons. The minimum Gasteiger partial charge on any atom is -0.450 e. The van der Waals surface area contributed by atoms with Crippen molar-refractivity contribution < 1.29 is 9.21 Å². The van der Waals surface area contributed by atoms with E-state index < -0.39 is 6.04 Å². The molecule has 1 amide bonds. The van der Waals surface area contributed by atoms with E-state index in [0.29, 0.717) is 27.2 Å². The molecule has 0 N–H and O–H groups in total. The fourth-order valence-corrected chi connectivity index (χ4v) is 4.04. The molecular formula is C24H16ClNO3. The van der Waals surface area contributed by atoms with Gasteiger partial charge < -0.3 is 4.42 Å². The average Bonchev–Trinajstić information content (AvgIpc) is 3.03. The van der Waals surface area contributed by atoms with Gasteiger partial charge in [0.25, 0.3) is 5.91 Å². The van der Waals surface area contributed by atoms with Crippen LogP contribution in [0.15, 0.2) is 82.0 Å². The van der Waals surface area contributed by atoms with Crippen LogP contribution in [0.4, 0.5) is 5.69 Å². The van der Waals surface area contributed by atoms with E-state index in [1.54, 1.807) is 23.1 Å². The summed E-state index contributed by atoms with van der Waals surface area (Å²) in [6.45, 7) is 2.00. The van der Waals surface area contributed by atoms with Crippen molar-refractivity contribution in [2.45, 2.75) is 13.0 Å². The first kappa shape index (κ1) is 17.7. The standard InChI is InChI=1S/C24H16ClNO3/c1-14-7-9-15(10-8-14)21-20-22(27)18-13-16(25)11-12-19(18)29-23(20)24(28)26(21)17-5-3-2-4-6-17/h2-13,21H,1H3. The van der Waals surface area contributed by atoms with E-state index >= 15 is 0 Å². The van der Waals surface area contributed by atoms with E-state index in [1.165, 1.54) is 0 Å². The van der Waals surface area contributed by atoms with E-state index in [1.807, 2.05) is 61.5 Å². The first-order valence-electron chi connectivity index (χ1n) is 9.26. The summed E-state index contributed by atoms with van der Waals surface area (Å²) in [5, 5.41) is 0.817. The minimum atomic E-state index is -0.569. The number of hydrogen-bond acceptors (Lipinski definition) is 3. The molecule has 0 saturated carbocycles. The molecule has 5 rings (SSSR count). The zero-order valence-electron chi connectivity index (χ0n) is 15.6. The zero-order chi connectivity index (χ0) is 20.1. The Morgan fingerprint density at radius 1 is 0.931 bits per heavy atom. The molecule has 0 spiro atoms. The van der Waals surface area contributed by atoms with Crippen LogP contribution in [0.5, 0.6) is 0 Å². The van der Waals surface area contributed by atoms with Crippen molar-refractivity contribution in [3.8, 4) is 0 Å². The predicted octanol–water partition coefficient (Wildman–Crippen LogP) is 5.50. The number of amides is 1. The molecule has 1 atom stereocenters. The summed E-state index contributed by atoms with van der Waals surface area (Å²) in [6.07, 6.45) is 0. The predicted molar refractivity (Wildman–Crippen MR) is 114 cm³/mol. The molecule has 4 nitrogen and oxygen atoms in total. The number of carbonyl (C=O) groups excluding carboxylic acids is 1. The molecule has 1 aliphatic heterocycles. The Hall–Kier alpha value is -3.37. The number of nitrogens with zero attached hydrogens (tertiary/aromatic N) is 1. The second-order valence-electron chi connectivity index (χ2n) is 7.14. The van der Waals surface area contributed by atoms with E-state index in [0.717, 1.165) is 11.1 Å². The quantitative estimate of drug-likeness (QED) is 0.445. The van der Waals surface area contributed by atoms with Crippen molar-refractivity contribution >= 4 is 34.2 Å². The van der Waals surface area contributed by atoms with Crippen LogP contribution in [0, 0.1) is 6.92 Å². The molecular weight excluding hydrogens is 386 g/mol. The summed E-state index contributed by atoms with van der Waals surface area (Å²) in [5.41, 5.74) is 3.11. The number of fused-ring (bicyclic) bond motifs is 2. The van der Waals surface area contributed by atoms with Crippen molar-refractivity contribution in [1.29, 1.82) is 0 Å². The van der Waals surface area contributed by atoms with Crippen molar-refractivity contribution in [2.24, 2.45) is 0 Å². The summed E-state index contributed by atoms with van der Waals surface area (Å²) >= 11 is 6.11. The maximum atomic E-state index is 13.4. The van der Waals surface area contributed by atoms with Crippen LogP contribution < -0.4 is 10.3 Å². The maximum Gasteiger partial charge on any atom is 0.295 e. The molecule has 142 valence electrons. The van der Waals surface area contributed by atoms with E-state index in [4.69, 9.17) is 16.0 Å². The summed E-state index contributed by atoms with van der Waals surface area (Å²) in [6, 6.07) is 21.4. The smallest absolute Gasteiger partial charge is 0.295 e. The highest BCUT2D eigenvalue weighted by molar-refractivity contribution is 6.31. The number of halogens is 1. The Kier molecular flexibility index (Phi) is 4.03. The largest absolute Gasteiger partial charge is 0.450 e. The first-order valence-corrected chi connectivity index (χ1v) is 9.64. The molecule has 0 saturated heterocycles. The molecule has 4 aromatic rings. The van der Waals surface area contributed by atoms with Gasteiger partial charge in [-0.3, -0.25) is 14.5 Å². The van der Waals surface area contributed by atoms with Crippen molar-refractivity contribution in [2.75, 3.05) is 4.90 Å². The fourth-order valence-electron chi connectivity index (χ4n) is 3.86. The number of rotatable bonds is 2. The summed E-state index contributed by atoms with van der Waals surface area (Å²) in [5.74, 6) is -0.245. The lowest BCUT2D eigenvalue weighted by molar-refractivity contribution is 0.0971. The van der Waals surface area contributed by atoms with Crippen molar-refractivity contribution in [3.63, 3.8) is 0 Å². The highest BCUT2D eigenvalue weighted by Crippen LogP contribution is 2.41. The lowest BCUT2D eigenvalue weighted by Gasteiger charge is -2.25.